The third-order valence-electron chi connectivity index (χ3n) is 3.97. The van der Waals surface area contributed by atoms with E-state index in [1.807, 2.05) is 13.8 Å². The first-order valence-corrected chi connectivity index (χ1v) is 10.3. The van der Waals surface area contributed by atoms with Crippen molar-refractivity contribution in [2.45, 2.75) is 62.6 Å². The minimum absolute atomic E-state index is 0.121. The van der Waals surface area contributed by atoms with Crippen LogP contribution in [-0.2, 0) is 18.9 Å². The van der Waals surface area contributed by atoms with E-state index in [9.17, 15) is 0 Å². The normalized spacial score (nSPS) is 28.6. The third-order valence-corrected chi connectivity index (χ3v) is 7.42. The van der Waals surface area contributed by atoms with E-state index in [1.54, 1.807) is 7.11 Å². The van der Waals surface area contributed by atoms with Crippen LogP contribution in [0.15, 0.2) is 0 Å². The summed E-state index contributed by atoms with van der Waals surface area (Å²) in [6.07, 6.45) is 3.55. The van der Waals surface area contributed by atoms with E-state index in [4.69, 9.17) is 18.9 Å². The van der Waals surface area contributed by atoms with Gasteiger partial charge in [-0.05, 0) is 44.1 Å². The second kappa shape index (κ2) is 9.14. The summed E-state index contributed by atoms with van der Waals surface area (Å²) in [4.78, 5) is 0. The topological polar surface area (TPSA) is 36.9 Å². The van der Waals surface area contributed by atoms with E-state index in [1.165, 1.54) is 17.9 Å². The highest BCUT2D eigenvalue weighted by atomic mass is 32.2. The van der Waals surface area contributed by atoms with Crippen molar-refractivity contribution in [1.29, 1.82) is 0 Å². The zero-order valence-electron chi connectivity index (χ0n) is 14.2. The molecular formula is C16H30O4S2. The van der Waals surface area contributed by atoms with Crippen molar-refractivity contribution >= 4 is 23.5 Å². The summed E-state index contributed by atoms with van der Waals surface area (Å²) in [6.45, 7) is 7.28. The van der Waals surface area contributed by atoms with Crippen LogP contribution in [0.2, 0.25) is 0 Å². The van der Waals surface area contributed by atoms with Gasteiger partial charge in [0, 0.05) is 13.5 Å². The molecule has 0 aliphatic carbocycles. The van der Waals surface area contributed by atoms with Gasteiger partial charge in [-0.3, -0.25) is 0 Å². The fourth-order valence-corrected chi connectivity index (χ4v) is 6.04. The Morgan fingerprint density at radius 1 is 1.27 bits per heavy atom. The minimum Gasteiger partial charge on any atom is -0.359 e. The Labute approximate surface area is 143 Å². The fraction of sp³-hybridized carbons (Fsp3) is 1.00. The maximum atomic E-state index is 5.93. The third kappa shape index (κ3) is 6.21. The molecule has 22 heavy (non-hydrogen) atoms. The largest absolute Gasteiger partial charge is 0.359 e. The molecule has 0 N–H and O–H groups in total. The Morgan fingerprint density at radius 2 is 2.00 bits per heavy atom. The van der Waals surface area contributed by atoms with Crippen molar-refractivity contribution in [2.24, 2.45) is 5.92 Å². The van der Waals surface area contributed by atoms with Crippen LogP contribution in [-0.4, -0.2) is 54.6 Å². The molecule has 2 saturated heterocycles. The van der Waals surface area contributed by atoms with Crippen molar-refractivity contribution in [3.63, 3.8) is 0 Å². The molecule has 2 heterocycles. The van der Waals surface area contributed by atoms with Gasteiger partial charge in [0.15, 0.2) is 5.79 Å². The summed E-state index contributed by atoms with van der Waals surface area (Å²) >= 11 is 4.20. The lowest BCUT2D eigenvalue weighted by Gasteiger charge is -2.30. The second-order valence-electron chi connectivity index (χ2n) is 6.56. The predicted octanol–water partition coefficient (Wildman–Crippen LogP) is 3.74. The molecule has 6 heteroatoms. The highest BCUT2D eigenvalue weighted by Gasteiger charge is 2.35. The van der Waals surface area contributed by atoms with Gasteiger partial charge in [-0.15, -0.1) is 23.5 Å². The van der Waals surface area contributed by atoms with Crippen molar-refractivity contribution in [3.05, 3.63) is 0 Å². The van der Waals surface area contributed by atoms with Crippen molar-refractivity contribution < 1.29 is 18.9 Å². The molecule has 0 unspecified atom stereocenters. The summed E-state index contributed by atoms with van der Waals surface area (Å²) < 4.78 is 23.3. The van der Waals surface area contributed by atoms with E-state index in [2.05, 4.69) is 30.4 Å². The SMILES string of the molecule is COCO[C@H](C[C@H]1COC(C)(C)O1)C[C@@H](C)C1SCCCS1. The van der Waals surface area contributed by atoms with Crippen molar-refractivity contribution in [1.82, 2.24) is 0 Å². The molecule has 0 aromatic heterocycles. The van der Waals surface area contributed by atoms with Crippen LogP contribution in [0.25, 0.3) is 0 Å². The molecule has 0 aromatic carbocycles. The smallest absolute Gasteiger partial charge is 0.163 e. The fourth-order valence-electron chi connectivity index (χ4n) is 2.93. The van der Waals surface area contributed by atoms with Crippen LogP contribution in [0.4, 0.5) is 0 Å². The minimum atomic E-state index is -0.461. The van der Waals surface area contributed by atoms with Crippen LogP contribution in [0, 0.1) is 5.92 Å². The molecule has 0 bridgehead atoms. The van der Waals surface area contributed by atoms with Crippen LogP contribution in [0.3, 0.4) is 0 Å². The molecule has 130 valence electrons. The Morgan fingerprint density at radius 3 is 2.59 bits per heavy atom. The number of methoxy groups -OCH3 is 1. The van der Waals surface area contributed by atoms with Crippen molar-refractivity contribution in [2.75, 3.05) is 32.0 Å². The zero-order chi connectivity index (χ0) is 16.0. The van der Waals surface area contributed by atoms with Crippen LogP contribution in [0.5, 0.6) is 0 Å². The lowest BCUT2D eigenvalue weighted by molar-refractivity contribution is -0.147. The van der Waals surface area contributed by atoms with Gasteiger partial charge >= 0.3 is 0 Å². The molecule has 2 aliphatic heterocycles. The number of hydrogen-bond donors (Lipinski definition) is 0. The standard InChI is InChI=1S/C16H30O4S2/c1-12(15-21-6-5-7-22-15)8-13(18-11-17-4)9-14-10-19-16(2,3)20-14/h12-15H,5-11H2,1-4H3/t12-,13+,14+/m1/s1. The molecule has 0 aromatic rings. The molecule has 0 saturated carbocycles. The summed E-state index contributed by atoms with van der Waals surface area (Å²) in [5.74, 6) is 2.75. The number of ether oxygens (including phenoxy) is 4. The Balaban J connectivity index is 1.82. The lowest BCUT2D eigenvalue weighted by Crippen LogP contribution is -2.29. The molecule has 2 rings (SSSR count). The van der Waals surface area contributed by atoms with Crippen LogP contribution in [0.1, 0.15) is 40.0 Å². The zero-order valence-corrected chi connectivity index (χ0v) is 15.8. The Kier molecular flexibility index (Phi) is 7.84. The summed E-state index contributed by atoms with van der Waals surface area (Å²) in [5, 5.41) is 0. The summed E-state index contributed by atoms with van der Waals surface area (Å²) in [6, 6.07) is 0. The highest BCUT2D eigenvalue weighted by molar-refractivity contribution is 8.17. The van der Waals surface area contributed by atoms with Gasteiger partial charge in [-0.25, -0.2) is 0 Å². The lowest BCUT2D eigenvalue weighted by atomic mass is 10.0. The molecule has 0 radical (unpaired) electrons. The molecule has 0 amide bonds. The van der Waals surface area contributed by atoms with E-state index in [0.29, 0.717) is 23.9 Å². The van der Waals surface area contributed by atoms with E-state index in [-0.39, 0.29) is 12.2 Å². The molecule has 0 spiro atoms. The van der Waals surface area contributed by atoms with Gasteiger partial charge in [-0.2, -0.15) is 0 Å². The average molecular weight is 351 g/mol. The van der Waals surface area contributed by atoms with Crippen molar-refractivity contribution in [3.8, 4) is 0 Å². The average Bonchev–Trinajstić information content (AvgIpc) is 2.84. The molecule has 4 nitrogen and oxygen atoms in total. The monoisotopic (exact) mass is 350 g/mol. The Hall–Kier alpha value is 0.540. The maximum absolute atomic E-state index is 5.93. The number of rotatable bonds is 8. The maximum Gasteiger partial charge on any atom is 0.163 e. The molecular weight excluding hydrogens is 320 g/mol. The highest BCUT2D eigenvalue weighted by Crippen LogP contribution is 2.38. The van der Waals surface area contributed by atoms with Gasteiger partial charge in [-0.1, -0.05) is 6.92 Å². The van der Waals surface area contributed by atoms with Gasteiger partial charge in [0.25, 0.3) is 0 Å². The van der Waals surface area contributed by atoms with Crippen LogP contribution >= 0.6 is 23.5 Å². The molecule has 2 aliphatic rings. The van der Waals surface area contributed by atoms with E-state index < -0.39 is 5.79 Å². The Bertz CT molecular complexity index is 321. The summed E-state index contributed by atoms with van der Waals surface area (Å²) in [5.41, 5.74) is 0. The first kappa shape index (κ1) is 18.9. The first-order chi connectivity index (χ1) is 10.5. The number of thioether (sulfide) groups is 2. The predicted molar refractivity (Wildman–Crippen MR) is 93.4 cm³/mol. The van der Waals surface area contributed by atoms with E-state index in [0.717, 1.165) is 12.8 Å². The van der Waals surface area contributed by atoms with E-state index >= 15 is 0 Å². The quantitative estimate of drug-likeness (QED) is 0.621. The molecule has 2 fully saturated rings. The summed E-state index contributed by atoms with van der Waals surface area (Å²) in [7, 11) is 1.67. The number of hydrogen-bond acceptors (Lipinski definition) is 6. The second-order valence-corrected chi connectivity index (χ2v) is 9.36. The van der Waals surface area contributed by atoms with Gasteiger partial charge in [0.2, 0.25) is 0 Å². The first-order valence-electron chi connectivity index (χ1n) is 8.15. The van der Waals surface area contributed by atoms with Gasteiger partial charge in [0.05, 0.1) is 23.4 Å². The van der Waals surface area contributed by atoms with Gasteiger partial charge < -0.3 is 18.9 Å². The van der Waals surface area contributed by atoms with Gasteiger partial charge in [0.1, 0.15) is 6.79 Å². The van der Waals surface area contributed by atoms with Crippen LogP contribution < -0.4 is 0 Å². The molecule has 3 atom stereocenters.